The Morgan fingerprint density at radius 3 is 2.87 bits per heavy atom. The number of nitrogens with one attached hydrogen (secondary N) is 1. The zero-order valence-corrected chi connectivity index (χ0v) is 10.5. The van der Waals surface area contributed by atoms with Gasteiger partial charge in [0.2, 0.25) is 5.91 Å². The molecular formula is C12H12INO. The van der Waals surface area contributed by atoms with E-state index in [0.717, 1.165) is 15.7 Å². The van der Waals surface area contributed by atoms with Crippen molar-refractivity contribution in [3.05, 3.63) is 27.8 Å². The summed E-state index contributed by atoms with van der Waals surface area (Å²) in [5, 5.41) is 2.85. The number of terminal acetylenes is 1. The fraction of sp³-hybridized carbons (Fsp3) is 0.250. The maximum absolute atomic E-state index is 11.5. The fourth-order valence-corrected chi connectivity index (χ4v) is 1.65. The van der Waals surface area contributed by atoms with Crippen LogP contribution in [0.4, 0.5) is 5.69 Å². The molecule has 0 bridgehead atoms. The first-order valence-electron chi connectivity index (χ1n) is 4.72. The number of para-hydroxylation sites is 1. The summed E-state index contributed by atoms with van der Waals surface area (Å²) in [6.45, 7) is 0. The maximum Gasteiger partial charge on any atom is 0.224 e. The van der Waals surface area contributed by atoms with Crippen LogP contribution in [0.1, 0.15) is 19.3 Å². The van der Waals surface area contributed by atoms with Crippen molar-refractivity contribution < 1.29 is 4.79 Å². The number of anilines is 1. The van der Waals surface area contributed by atoms with E-state index >= 15 is 0 Å². The Balaban J connectivity index is 2.45. The highest BCUT2D eigenvalue weighted by molar-refractivity contribution is 14.1. The minimum Gasteiger partial charge on any atom is -0.325 e. The third-order valence-electron chi connectivity index (χ3n) is 1.87. The lowest BCUT2D eigenvalue weighted by molar-refractivity contribution is -0.116. The maximum atomic E-state index is 11.5. The molecule has 0 aliphatic heterocycles. The van der Waals surface area contributed by atoms with Crippen LogP contribution >= 0.6 is 22.6 Å². The average Bonchev–Trinajstić information content (AvgIpc) is 2.22. The highest BCUT2D eigenvalue weighted by Crippen LogP contribution is 2.17. The minimum absolute atomic E-state index is 0.0226. The largest absolute Gasteiger partial charge is 0.325 e. The molecule has 2 nitrogen and oxygen atoms in total. The van der Waals surface area contributed by atoms with Gasteiger partial charge in [-0.25, -0.2) is 0 Å². The molecular weight excluding hydrogens is 301 g/mol. The Kier molecular flexibility index (Phi) is 5.19. The first kappa shape index (κ1) is 12.1. The van der Waals surface area contributed by atoms with E-state index in [4.69, 9.17) is 6.42 Å². The van der Waals surface area contributed by atoms with Gasteiger partial charge in [-0.05, 0) is 41.1 Å². The van der Waals surface area contributed by atoms with Crippen LogP contribution in [0.5, 0.6) is 0 Å². The van der Waals surface area contributed by atoms with Crippen molar-refractivity contribution in [3.8, 4) is 12.3 Å². The van der Waals surface area contributed by atoms with Crippen molar-refractivity contribution in [3.63, 3.8) is 0 Å². The monoisotopic (exact) mass is 313 g/mol. The van der Waals surface area contributed by atoms with Gasteiger partial charge in [-0.2, -0.15) is 0 Å². The van der Waals surface area contributed by atoms with E-state index in [1.54, 1.807) is 0 Å². The number of benzene rings is 1. The quantitative estimate of drug-likeness (QED) is 0.517. The van der Waals surface area contributed by atoms with Crippen LogP contribution in [0.25, 0.3) is 0 Å². The van der Waals surface area contributed by atoms with Gasteiger partial charge >= 0.3 is 0 Å². The summed E-state index contributed by atoms with van der Waals surface area (Å²) in [6.07, 6.45) is 6.98. The summed E-state index contributed by atoms with van der Waals surface area (Å²) in [5.74, 6) is 2.54. The number of amides is 1. The van der Waals surface area contributed by atoms with E-state index < -0.39 is 0 Å². The molecule has 1 aromatic rings. The lowest BCUT2D eigenvalue weighted by atomic mass is 10.2. The summed E-state index contributed by atoms with van der Waals surface area (Å²) in [6, 6.07) is 7.69. The van der Waals surface area contributed by atoms with Crippen molar-refractivity contribution in [2.24, 2.45) is 0 Å². The number of hydrogen-bond acceptors (Lipinski definition) is 1. The lowest BCUT2D eigenvalue weighted by Gasteiger charge is -2.06. The molecule has 3 heteroatoms. The standard InChI is InChI=1S/C12H12INO/c1-2-3-4-9-12(15)14-11-8-6-5-7-10(11)13/h1,5-8H,3-4,9H2,(H,14,15). The number of carbonyl (C=O) groups excluding carboxylic acids is 1. The van der Waals surface area contributed by atoms with E-state index in [0.29, 0.717) is 12.8 Å². The van der Waals surface area contributed by atoms with Gasteiger partial charge in [-0.3, -0.25) is 4.79 Å². The predicted octanol–water partition coefficient (Wildman–Crippen LogP) is 3.03. The molecule has 15 heavy (non-hydrogen) atoms. The summed E-state index contributed by atoms with van der Waals surface area (Å²) in [7, 11) is 0. The minimum atomic E-state index is 0.0226. The first-order chi connectivity index (χ1) is 7.24. The van der Waals surface area contributed by atoms with Crippen LogP contribution in [-0.4, -0.2) is 5.91 Å². The van der Waals surface area contributed by atoms with Gasteiger partial charge in [0.1, 0.15) is 0 Å². The second kappa shape index (κ2) is 6.46. The molecule has 0 unspecified atom stereocenters. The summed E-state index contributed by atoms with van der Waals surface area (Å²) in [5.41, 5.74) is 0.865. The van der Waals surface area contributed by atoms with Crippen LogP contribution in [0.15, 0.2) is 24.3 Å². The van der Waals surface area contributed by atoms with Crippen LogP contribution in [0.2, 0.25) is 0 Å². The lowest BCUT2D eigenvalue weighted by Crippen LogP contribution is -2.11. The van der Waals surface area contributed by atoms with Crippen molar-refractivity contribution in [2.75, 3.05) is 5.32 Å². The van der Waals surface area contributed by atoms with Gasteiger partial charge in [0.15, 0.2) is 0 Å². The Bertz CT molecular complexity index is 381. The molecule has 0 saturated carbocycles. The third kappa shape index (κ3) is 4.34. The van der Waals surface area contributed by atoms with Crippen LogP contribution in [0.3, 0.4) is 0 Å². The van der Waals surface area contributed by atoms with Gasteiger partial charge in [0, 0.05) is 16.4 Å². The third-order valence-corrected chi connectivity index (χ3v) is 2.81. The first-order valence-corrected chi connectivity index (χ1v) is 5.79. The summed E-state index contributed by atoms with van der Waals surface area (Å²) in [4.78, 5) is 11.5. The Morgan fingerprint density at radius 1 is 1.47 bits per heavy atom. The molecule has 0 saturated heterocycles. The predicted molar refractivity (Wildman–Crippen MR) is 70.5 cm³/mol. The van der Waals surface area contributed by atoms with Gasteiger partial charge in [0.05, 0.1) is 5.69 Å². The van der Waals surface area contributed by atoms with Crippen LogP contribution < -0.4 is 5.32 Å². The summed E-state index contributed by atoms with van der Waals surface area (Å²) >= 11 is 2.19. The Hall–Kier alpha value is -1.02. The molecule has 0 aliphatic carbocycles. The molecule has 1 aromatic carbocycles. The van der Waals surface area contributed by atoms with E-state index in [1.165, 1.54) is 0 Å². The molecule has 1 rings (SSSR count). The molecule has 0 fully saturated rings. The molecule has 0 spiro atoms. The van der Waals surface area contributed by atoms with E-state index in [2.05, 4.69) is 33.8 Å². The van der Waals surface area contributed by atoms with Crippen molar-refractivity contribution in [2.45, 2.75) is 19.3 Å². The molecule has 0 radical (unpaired) electrons. The SMILES string of the molecule is C#CCCCC(=O)Nc1ccccc1I. The molecule has 1 N–H and O–H groups in total. The van der Waals surface area contributed by atoms with Gasteiger partial charge < -0.3 is 5.32 Å². The van der Waals surface area contributed by atoms with Crippen LogP contribution in [-0.2, 0) is 4.79 Å². The molecule has 0 atom stereocenters. The van der Waals surface area contributed by atoms with Crippen molar-refractivity contribution in [1.29, 1.82) is 0 Å². The topological polar surface area (TPSA) is 29.1 Å². The molecule has 0 heterocycles. The number of carbonyl (C=O) groups is 1. The Labute approximate surface area is 104 Å². The molecule has 0 aromatic heterocycles. The fourth-order valence-electron chi connectivity index (χ4n) is 1.13. The zero-order valence-electron chi connectivity index (χ0n) is 8.29. The van der Waals surface area contributed by atoms with Gasteiger partial charge in [-0.15, -0.1) is 12.3 Å². The highest BCUT2D eigenvalue weighted by atomic mass is 127. The number of unbranched alkanes of at least 4 members (excludes halogenated alkanes) is 1. The van der Waals surface area contributed by atoms with Crippen LogP contribution in [0, 0.1) is 15.9 Å². The molecule has 78 valence electrons. The molecule has 1 amide bonds. The Morgan fingerprint density at radius 2 is 2.20 bits per heavy atom. The van der Waals surface area contributed by atoms with E-state index in [9.17, 15) is 4.79 Å². The second-order valence-corrected chi connectivity index (χ2v) is 4.25. The summed E-state index contributed by atoms with van der Waals surface area (Å²) < 4.78 is 1.04. The van der Waals surface area contributed by atoms with Gasteiger partial charge in [0.25, 0.3) is 0 Å². The number of halogens is 1. The average molecular weight is 313 g/mol. The normalized spacial score (nSPS) is 9.33. The molecule has 0 aliphatic rings. The van der Waals surface area contributed by atoms with Crippen molar-refractivity contribution >= 4 is 34.2 Å². The van der Waals surface area contributed by atoms with Crippen molar-refractivity contribution in [1.82, 2.24) is 0 Å². The number of rotatable bonds is 4. The number of hydrogen-bond donors (Lipinski definition) is 1. The second-order valence-electron chi connectivity index (χ2n) is 3.09. The highest BCUT2D eigenvalue weighted by Gasteiger charge is 2.03. The van der Waals surface area contributed by atoms with E-state index in [1.807, 2.05) is 24.3 Å². The smallest absolute Gasteiger partial charge is 0.224 e. The van der Waals surface area contributed by atoms with Gasteiger partial charge in [-0.1, -0.05) is 12.1 Å². The van der Waals surface area contributed by atoms with E-state index in [-0.39, 0.29) is 5.91 Å². The zero-order chi connectivity index (χ0) is 11.1.